The molecule has 0 bridgehead atoms. The molecule has 1 aliphatic heterocycles. The average molecular weight is 330 g/mol. The van der Waals surface area contributed by atoms with Crippen LogP contribution in [0.5, 0.6) is 0 Å². The predicted octanol–water partition coefficient (Wildman–Crippen LogP) is 2.36. The lowest BCUT2D eigenvalue weighted by Gasteiger charge is -2.21. The molecule has 0 saturated heterocycles. The Morgan fingerprint density at radius 1 is 1.09 bits per heavy atom. The molecule has 2 aromatic rings. The summed E-state index contributed by atoms with van der Waals surface area (Å²) in [6.45, 7) is 1.49. The van der Waals surface area contributed by atoms with Gasteiger partial charge in [-0.15, -0.1) is 0 Å². The number of aromatic nitrogens is 1. The van der Waals surface area contributed by atoms with Gasteiger partial charge in [-0.3, -0.25) is 19.3 Å². The van der Waals surface area contributed by atoms with Crippen LogP contribution in [0.2, 0.25) is 5.15 Å². The Morgan fingerprint density at radius 3 is 2.26 bits per heavy atom. The van der Waals surface area contributed by atoms with Crippen LogP contribution < -0.4 is 5.32 Å². The second-order valence-corrected chi connectivity index (χ2v) is 5.42. The van der Waals surface area contributed by atoms with Gasteiger partial charge in [0.25, 0.3) is 11.8 Å². The third kappa shape index (κ3) is 2.68. The van der Waals surface area contributed by atoms with E-state index in [1.165, 1.54) is 6.92 Å². The molecule has 0 saturated carbocycles. The summed E-state index contributed by atoms with van der Waals surface area (Å²) in [6.07, 6.45) is 0. The fraction of sp³-hybridized carbons (Fsp3) is 0.125. The highest BCUT2D eigenvalue weighted by Gasteiger charge is 2.40. The number of fused-ring (bicyclic) bond motifs is 1. The van der Waals surface area contributed by atoms with Gasteiger partial charge in [0.15, 0.2) is 0 Å². The summed E-state index contributed by atoms with van der Waals surface area (Å²) < 4.78 is 0. The second kappa shape index (κ2) is 5.81. The van der Waals surface area contributed by atoms with Crippen molar-refractivity contribution in [2.24, 2.45) is 0 Å². The second-order valence-electron chi connectivity index (χ2n) is 5.04. The molecule has 3 amide bonds. The topological polar surface area (TPSA) is 79.4 Å². The van der Waals surface area contributed by atoms with Crippen molar-refractivity contribution in [2.45, 2.75) is 13.0 Å². The molecule has 0 fully saturated rings. The van der Waals surface area contributed by atoms with Crippen molar-refractivity contribution in [1.29, 1.82) is 0 Å². The Labute approximate surface area is 137 Å². The number of halogens is 1. The summed E-state index contributed by atoms with van der Waals surface area (Å²) >= 11 is 5.76. The van der Waals surface area contributed by atoms with Crippen molar-refractivity contribution >= 4 is 35.1 Å². The maximum absolute atomic E-state index is 12.3. The van der Waals surface area contributed by atoms with Crippen molar-refractivity contribution in [1.82, 2.24) is 9.88 Å². The minimum Gasteiger partial charge on any atom is -0.309 e. The molecule has 1 atom stereocenters. The fourth-order valence-corrected chi connectivity index (χ4v) is 2.55. The third-order valence-electron chi connectivity index (χ3n) is 3.56. The molecule has 6 nitrogen and oxygen atoms in total. The van der Waals surface area contributed by atoms with Crippen molar-refractivity contribution in [3.8, 4) is 0 Å². The normalized spacial score (nSPS) is 14.6. The Hall–Kier alpha value is -2.73. The highest BCUT2D eigenvalue weighted by molar-refractivity contribution is 6.29. The number of nitrogens with zero attached hydrogens (tertiary/aromatic N) is 2. The molecule has 23 heavy (non-hydrogen) atoms. The first-order chi connectivity index (χ1) is 11.0. The van der Waals surface area contributed by atoms with Crippen molar-refractivity contribution in [3.05, 3.63) is 58.7 Å². The van der Waals surface area contributed by atoms with Crippen LogP contribution in [0.4, 0.5) is 5.82 Å². The number of benzene rings is 1. The van der Waals surface area contributed by atoms with E-state index in [9.17, 15) is 14.4 Å². The highest BCUT2D eigenvalue weighted by atomic mass is 35.5. The van der Waals surface area contributed by atoms with E-state index in [1.807, 2.05) is 0 Å². The Bertz CT molecular complexity index is 787. The quantitative estimate of drug-likeness (QED) is 0.692. The number of hydrogen-bond donors (Lipinski definition) is 1. The van der Waals surface area contributed by atoms with Crippen LogP contribution >= 0.6 is 11.6 Å². The van der Waals surface area contributed by atoms with Gasteiger partial charge in [0.2, 0.25) is 5.91 Å². The minimum absolute atomic E-state index is 0.233. The summed E-state index contributed by atoms with van der Waals surface area (Å²) in [5, 5.41) is 2.78. The van der Waals surface area contributed by atoms with Gasteiger partial charge in [0, 0.05) is 0 Å². The SMILES string of the molecule is CC(C(=O)Nc1cccc(Cl)n1)N1C(=O)c2ccccc2C1=O. The zero-order chi connectivity index (χ0) is 16.6. The maximum Gasteiger partial charge on any atom is 0.262 e. The molecule has 116 valence electrons. The number of pyridine rings is 1. The third-order valence-corrected chi connectivity index (χ3v) is 3.77. The van der Waals surface area contributed by atoms with Crippen molar-refractivity contribution in [2.75, 3.05) is 5.32 Å². The van der Waals surface area contributed by atoms with Gasteiger partial charge in [0.05, 0.1) is 11.1 Å². The van der Waals surface area contributed by atoms with Gasteiger partial charge >= 0.3 is 0 Å². The molecule has 2 heterocycles. The molecule has 3 rings (SSSR count). The summed E-state index contributed by atoms with van der Waals surface area (Å²) in [4.78, 5) is 41.9. The largest absolute Gasteiger partial charge is 0.309 e. The monoisotopic (exact) mass is 329 g/mol. The molecular weight excluding hydrogens is 318 g/mol. The Balaban J connectivity index is 1.81. The molecule has 1 N–H and O–H groups in total. The maximum atomic E-state index is 12.3. The Morgan fingerprint density at radius 2 is 1.70 bits per heavy atom. The van der Waals surface area contributed by atoms with Gasteiger partial charge in [-0.2, -0.15) is 0 Å². The summed E-state index contributed by atoms with van der Waals surface area (Å²) in [6, 6.07) is 10.3. The van der Waals surface area contributed by atoms with E-state index in [1.54, 1.807) is 42.5 Å². The summed E-state index contributed by atoms with van der Waals surface area (Å²) in [7, 11) is 0. The number of nitrogens with one attached hydrogen (secondary N) is 1. The first kappa shape index (κ1) is 15.2. The molecule has 1 aromatic heterocycles. The molecule has 1 aliphatic rings. The fourth-order valence-electron chi connectivity index (χ4n) is 2.39. The van der Waals surface area contributed by atoms with Crippen LogP contribution in [-0.4, -0.2) is 33.6 Å². The van der Waals surface area contributed by atoms with E-state index in [4.69, 9.17) is 11.6 Å². The zero-order valence-electron chi connectivity index (χ0n) is 12.1. The van der Waals surface area contributed by atoms with Gasteiger partial charge in [-0.05, 0) is 31.2 Å². The van der Waals surface area contributed by atoms with Crippen LogP contribution in [0.15, 0.2) is 42.5 Å². The van der Waals surface area contributed by atoms with E-state index in [0.29, 0.717) is 11.1 Å². The van der Waals surface area contributed by atoms with Gasteiger partial charge in [-0.25, -0.2) is 4.98 Å². The standard InChI is InChI=1S/C16H12ClN3O3/c1-9(14(21)19-13-8-4-7-12(17)18-13)20-15(22)10-5-2-3-6-11(10)16(20)23/h2-9H,1H3,(H,18,19,21). The number of imide groups is 1. The predicted molar refractivity (Wildman–Crippen MR) is 84.3 cm³/mol. The van der Waals surface area contributed by atoms with E-state index < -0.39 is 23.8 Å². The van der Waals surface area contributed by atoms with Crippen LogP contribution in [0.25, 0.3) is 0 Å². The number of anilines is 1. The Kier molecular flexibility index (Phi) is 3.83. The van der Waals surface area contributed by atoms with E-state index >= 15 is 0 Å². The highest BCUT2D eigenvalue weighted by Crippen LogP contribution is 2.24. The molecular formula is C16H12ClN3O3. The first-order valence-electron chi connectivity index (χ1n) is 6.89. The molecule has 0 radical (unpaired) electrons. The number of hydrogen-bond acceptors (Lipinski definition) is 4. The lowest BCUT2D eigenvalue weighted by Crippen LogP contribution is -2.45. The van der Waals surface area contributed by atoms with Gasteiger partial charge in [-0.1, -0.05) is 29.8 Å². The van der Waals surface area contributed by atoms with Gasteiger partial charge in [0.1, 0.15) is 17.0 Å². The van der Waals surface area contributed by atoms with Crippen LogP contribution in [0.1, 0.15) is 27.6 Å². The molecule has 0 spiro atoms. The van der Waals surface area contributed by atoms with Crippen LogP contribution in [-0.2, 0) is 4.79 Å². The number of rotatable bonds is 3. The lowest BCUT2D eigenvalue weighted by atomic mass is 10.1. The van der Waals surface area contributed by atoms with E-state index in [0.717, 1.165) is 4.90 Å². The zero-order valence-corrected chi connectivity index (χ0v) is 12.9. The molecule has 7 heteroatoms. The van der Waals surface area contributed by atoms with E-state index in [-0.39, 0.29) is 11.0 Å². The summed E-state index contributed by atoms with van der Waals surface area (Å²) in [5.74, 6) is -1.22. The average Bonchev–Trinajstić information content (AvgIpc) is 2.79. The lowest BCUT2D eigenvalue weighted by molar-refractivity contribution is -0.119. The van der Waals surface area contributed by atoms with Crippen molar-refractivity contribution in [3.63, 3.8) is 0 Å². The number of carbonyl (C=O) groups excluding carboxylic acids is 3. The smallest absolute Gasteiger partial charge is 0.262 e. The minimum atomic E-state index is -0.969. The number of carbonyl (C=O) groups is 3. The van der Waals surface area contributed by atoms with Gasteiger partial charge < -0.3 is 5.32 Å². The van der Waals surface area contributed by atoms with E-state index in [2.05, 4.69) is 10.3 Å². The van der Waals surface area contributed by atoms with Crippen LogP contribution in [0, 0.1) is 0 Å². The summed E-state index contributed by atoms with van der Waals surface area (Å²) in [5.41, 5.74) is 0.607. The number of amides is 3. The van der Waals surface area contributed by atoms with Crippen molar-refractivity contribution < 1.29 is 14.4 Å². The molecule has 0 aliphatic carbocycles. The molecule has 1 aromatic carbocycles. The first-order valence-corrected chi connectivity index (χ1v) is 7.27. The molecule has 1 unspecified atom stereocenters. The van der Waals surface area contributed by atoms with Crippen LogP contribution in [0.3, 0.4) is 0 Å².